The minimum atomic E-state index is 0.119. The normalized spacial score (nSPS) is 23.8. The van der Waals surface area contributed by atoms with Gasteiger partial charge in [0, 0.05) is 17.9 Å². The zero-order chi connectivity index (χ0) is 11.0. The lowest BCUT2D eigenvalue weighted by Gasteiger charge is -2.07. The van der Waals surface area contributed by atoms with Crippen molar-refractivity contribution in [3.63, 3.8) is 0 Å². The Kier molecular flexibility index (Phi) is 2.13. The molecule has 0 amide bonds. The molecule has 1 aromatic rings. The SMILES string of the molecule is O=C1CC(c2ccco2)C2=C1CC=CC=C2. The monoisotopic (exact) mass is 212 g/mol. The van der Waals surface area contributed by atoms with E-state index in [0.717, 1.165) is 23.3 Å². The first-order valence-corrected chi connectivity index (χ1v) is 5.49. The molecule has 3 rings (SSSR count). The second-order valence-electron chi connectivity index (χ2n) is 4.12. The Labute approximate surface area is 94.0 Å². The van der Waals surface area contributed by atoms with Gasteiger partial charge in [-0.25, -0.2) is 0 Å². The van der Waals surface area contributed by atoms with E-state index in [4.69, 9.17) is 4.42 Å². The average Bonchev–Trinajstić information content (AvgIpc) is 2.82. The number of ketones is 1. The van der Waals surface area contributed by atoms with Crippen molar-refractivity contribution in [3.8, 4) is 0 Å². The molecule has 1 atom stereocenters. The Balaban J connectivity index is 2.05. The highest BCUT2D eigenvalue weighted by molar-refractivity contribution is 6.01. The minimum absolute atomic E-state index is 0.119. The second-order valence-corrected chi connectivity index (χ2v) is 4.12. The van der Waals surface area contributed by atoms with Gasteiger partial charge in [0.15, 0.2) is 5.78 Å². The lowest BCUT2D eigenvalue weighted by molar-refractivity contribution is -0.115. The van der Waals surface area contributed by atoms with E-state index in [2.05, 4.69) is 0 Å². The van der Waals surface area contributed by atoms with Gasteiger partial charge in [-0.1, -0.05) is 24.3 Å². The summed E-state index contributed by atoms with van der Waals surface area (Å²) in [7, 11) is 0. The molecule has 0 fully saturated rings. The summed E-state index contributed by atoms with van der Waals surface area (Å²) in [5.41, 5.74) is 2.08. The summed E-state index contributed by atoms with van der Waals surface area (Å²) in [6, 6.07) is 3.82. The van der Waals surface area contributed by atoms with Crippen LogP contribution in [0.15, 0.2) is 58.3 Å². The first-order chi connectivity index (χ1) is 7.86. The van der Waals surface area contributed by atoms with E-state index >= 15 is 0 Å². The number of hydrogen-bond acceptors (Lipinski definition) is 2. The molecule has 2 aliphatic carbocycles. The summed E-state index contributed by atoms with van der Waals surface area (Å²) in [4.78, 5) is 11.9. The van der Waals surface area contributed by atoms with Gasteiger partial charge >= 0.3 is 0 Å². The van der Waals surface area contributed by atoms with Crippen molar-refractivity contribution < 1.29 is 9.21 Å². The number of hydrogen-bond donors (Lipinski definition) is 0. The Bertz CT molecular complexity index is 501. The third kappa shape index (κ3) is 1.38. The fourth-order valence-corrected chi connectivity index (χ4v) is 2.41. The average molecular weight is 212 g/mol. The summed E-state index contributed by atoms with van der Waals surface area (Å²) in [6.45, 7) is 0. The molecular formula is C14H12O2. The summed E-state index contributed by atoms with van der Waals surface area (Å²) < 4.78 is 5.41. The van der Waals surface area contributed by atoms with Crippen LogP contribution in [-0.4, -0.2) is 5.78 Å². The van der Waals surface area contributed by atoms with Gasteiger partial charge in [0.2, 0.25) is 0 Å². The van der Waals surface area contributed by atoms with E-state index < -0.39 is 0 Å². The number of Topliss-reactive ketones (excluding diaryl/α,β-unsaturated/α-hetero) is 1. The molecular weight excluding hydrogens is 200 g/mol. The van der Waals surface area contributed by atoms with E-state index in [1.54, 1.807) is 6.26 Å². The lowest BCUT2D eigenvalue weighted by atomic mass is 9.97. The van der Waals surface area contributed by atoms with E-state index in [-0.39, 0.29) is 11.7 Å². The predicted octanol–water partition coefficient (Wildman–Crippen LogP) is 3.15. The molecule has 16 heavy (non-hydrogen) atoms. The summed E-state index contributed by atoms with van der Waals surface area (Å²) >= 11 is 0. The van der Waals surface area contributed by atoms with Gasteiger partial charge in [-0.2, -0.15) is 0 Å². The van der Waals surface area contributed by atoms with Gasteiger partial charge in [0.05, 0.1) is 6.26 Å². The van der Waals surface area contributed by atoms with Gasteiger partial charge in [-0.15, -0.1) is 0 Å². The van der Waals surface area contributed by atoms with Crippen LogP contribution in [0.5, 0.6) is 0 Å². The van der Waals surface area contributed by atoms with Gasteiger partial charge in [0.1, 0.15) is 5.76 Å². The first kappa shape index (κ1) is 9.40. The first-order valence-electron chi connectivity index (χ1n) is 5.49. The number of furan rings is 1. The standard InChI is InChI=1S/C14H12O2/c15-13-9-12(14-7-4-8-16-14)10-5-2-1-3-6-11(10)13/h1-5,7-8,12H,6,9H2. The van der Waals surface area contributed by atoms with Gasteiger partial charge in [0.25, 0.3) is 0 Å². The Morgan fingerprint density at radius 2 is 2.25 bits per heavy atom. The van der Waals surface area contributed by atoms with Crippen LogP contribution >= 0.6 is 0 Å². The van der Waals surface area contributed by atoms with Crippen LogP contribution in [0.2, 0.25) is 0 Å². The molecule has 0 saturated carbocycles. The summed E-state index contributed by atoms with van der Waals surface area (Å²) in [5, 5.41) is 0. The molecule has 0 saturated heterocycles. The molecule has 0 spiro atoms. The molecule has 0 aliphatic heterocycles. The summed E-state index contributed by atoms with van der Waals surface area (Å²) in [5.74, 6) is 1.27. The predicted molar refractivity (Wildman–Crippen MR) is 61.0 cm³/mol. The number of carbonyl (C=O) groups excluding carboxylic acids is 1. The molecule has 80 valence electrons. The third-order valence-corrected chi connectivity index (χ3v) is 3.18. The van der Waals surface area contributed by atoms with E-state index in [0.29, 0.717) is 6.42 Å². The van der Waals surface area contributed by atoms with Crippen LogP contribution in [0.3, 0.4) is 0 Å². The van der Waals surface area contributed by atoms with Crippen molar-refractivity contribution in [2.75, 3.05) is 0 Å². The topological polar surface area (TPSA) is 30.2 Å². The van der Waals surface area contributed by atoms with Crippen molar-refractivity contribution in [3.05, 3.63) is 59.6 Å². The second kappa shape index (κ2) is 3.63. The van der Waals surface area contributed by atoms with E-state index in [9.17, 15) is 4.79 Å². The smallest absolute Gasteiger partial charge is 0.160 e. The Morgan fingerprint density at radius 1 is 1.31 bits per heavy atom. The van der Waals surface area contributed by atoms with Crippen LogP contribution in [0.25, 0.3) is 0 Å². The van der Waals surface area contributed by atoms with E-state index in [1.807, 2.05) is 36.4 Å². The number of carbonyl (C=O) groups is 1. The maximum Gasteiger partial charge on any atom is 0.160 e. The quantitative estimate of drug-likeness (QED) is 0.715. The highest BCUT2D eigenvalue weighted by Crippen LogP contribution is 2.40. The van der Waals surface area contributed by atoms with Crippen molar-refractivity contribution >= 4 is 5.78 Å². The Morgan fingerprint density at radius 3 is 3.06 bits per heavy atom. The molecule has 0 radical (unpaired) electrons. The fraction of sp³-hybridized carbons (Fsp3) is 0.214. The molecule has 1 unspecified atom stereocenters. The Hall–Kier alpha value is -1.83. The molecule has 0 aromatic carbocycles. The van der Waals surface area contributed by atoms with Gasteiger partial charge < -0.3 is 4.42 Å². The van der Waals surface area contributed by atoms with Gasteiger partial charge in [-0.3, -0.25) is 4.79 Å². The third-order valence-electron chi connectivity index (χ3n) is 3.18. The van der Waals surface area contributed by atoms with Crippen molar-refractivity contribution in [2.24, 2.45) is 0 Å². The highest BCUT2D eigenvalue weighted by Gasteiger charge is 2.32. The van der Waals surface area contributed by atoms with Crippen molar-refractivity contribution in [1.82, 2.24) is 0 Å². The summed E-state index contributed by atoms with van der Waals surface area (Å²) in [6.07, 6.45) is 11.0. The maximum absolute atomic E-state index is 11.9. The van der Waals surface area contributed by atoms with Crippen LogP contribution < -0.4 is 0 Å². The molecule has 1 heterocycles. The van der Waals surface area contributed by atoms with Crippen molar-refractivity contribution in [1.29, 1.82) is 0 Å². The highest BCUT2D eigenvalue weighted by atomic mass is 16.3. The number of allylic oxidation sites excluding steroid dienone is 6. The van der Waals surface area contributed by atoms with Crippen LogP contribution in [0.1, 0.15) is 24.5 Å². The number of rotatable bonds is 1. The van der Waals surface area contributed by atoms with Crippen LogP contribution in [0, 0.1) is 0 Å². The zero-order valence-electron chi connectivity index (χ0n) is 8.85. The molecule has 2 heteroatoms. The zero-order valence-corrected chi connectivity index (χ0v) is 8.85. The molecule has 1 aromatic heterocycles. The molecule has 2 aliphatic rings. The molecule has 0 N–H and O–H groups in total. The maximum atomic E-state index is 11.9. The van der Waals surface area contributed by atoms with Crippen molar-refractivity contribution in [2.45, 2.75) is 18.8 Å². The fourth-order valence-electron chi connectivity index (χ4n) is 2.41. The van der Waals surface area contributed by atoms with Crippen LogP contribution in [0.4, 0.5) is 0 Å². The minimum Gasteiger partial charge on any atom is -0.469 e. The van der Waals surface area contributed by atoms with Gasteiger partial charge in [-0.05, 0) is 24.1 Å². The molecule has 2 nitrogen and oxygen atoms in total. The van der Waals surface area contributed by atoms with Crippen LogP contribution in [-0.2, 0) is 4.79 Å². The lowest BCUT2D eigenvalue weighted by Crippen LogP contribution is -1.97. The van der Waals surface area contributed by atoms with E-state index in [1.165, 1.54) is 0 Å². The largest absolute Gasteiger partial charge is 0.469 e. The molecule has 0 bridgehead atoms.